The second kappa shape index (κ2) is 9.30. The predicted octanol–water partition coefficient (Wildman–Crippen LogP) is 4.08. The number of aryl methyl sites for hydroxylation is 1. The lowest BCUT2D eigenvalue weighted by molar-refractivity contribution is -0.137. The molecule has 2 aromatic heterocycles. The number of amides is 2. The first-order valence-corrected chi connectivity index (χ1v) is 11.8. The molecule has 1 saturated heterocycles. The molecule has 1 aliphatic rings. The maximum atomic E-state index is 12.8. The SMILES string of the molecule is Cn1cc(-c2cc3c(N4CCCC(NC(=O)c5ccc(C(F)(F)F)cc5)C4)ccc(C(N)=O)c3[nH]2)cn1. The number of aromatic nitrogens is 3. The van der Waals surface area contributed by atoms with E-state index in [2.05, 4.69) is 20.3 Å². The van der Waals surface area contributed by atoms with Gasteiger partial charge in [-0.25, -0.2) is 0 Å². The predicted molar refractivity (Wildman–Crippen MR) is 133 cm³/mol. The smallest absolute Gasteiger partial charge is 0.369 e. The highest BCUT2D eigenvalue weighted by molar-refractivity contribution is 6.10. The zero-order valence-corrected chi connectivity index (χ0v) is 20.0. The Kier molecular flexibility index (Phi) is 6.14. The average molecular weight is 511 g/mol. The highest BCUT2D eigenvalue weighted by atomic mass is 19.4. The van der Waals surface area contributed by atoms with Crippen LogP contribution in [0.1, 0.15) is 39.1 Å². The third-order valence-electron chi connectivity index (χ3n) is 6.62. The van der Waals surface area contributed by atoms with Crippen LogP contribution in [0.3, 0.4) is 0 Å². The van der Waals surface area contributed by atoms with Gasteiger partial charge in [0.05, 0.1) is 22.8 Å². The summed E-state index contributed by atoms with van der Waals surface area (Å²) in [7, 11) is 1.82. The molecule has 37 heavy (non-hydrogen) atoms. The number of carbonyl (C=O) groups excluding carboxylic acids is 2. The summed E-state index contributed by atoms with van der Waals surface area (Å²) in [5, 5.41) is 7.98. The molecule has 1 fully saturated rings. The quantitative estimate of drug-likeness (QED) is 0.376. The van der Waals surface area contributed by atoms with Gasteiger partial charge in [0.25, 0.3) is 11.8 Å². The van der Waals surface area contributed by atoms with Crippen molar-refractivity contribution in [2.45, 2.75) is 25.1 Å². The molecule has 192 valence electrons. The minimum Gasteiger partial charge on any atom is -0.369 e. The molecular formula is C26H25F3N6O2. The largest absolute Gasteiger partial charge is 0.416 e. The van der Waals surface area contributed by atoms with Crippen LogP contribution in [0.25, 0.3) is 22.2 Å². The number of carbonyl (C=O) groups is 2. The summed E-state index contributed by atoms with van der Waals surface area (Å²) in [6.07, 6.45) is 0.670. The Morgan fingerprint density at radius 1 is 1.16 bits per heavy atom. The first-order chi connectivity index (χ1) is 17.6. The van der Waals surface area contributed by atoms with E-state index >= 15 is 0 Å². The fourth-order valence-electron chi connectivity index (χ4n) is 4.79. The fraction of sp³-hybridized carbons (Fsp3) is 0.269. The molecule has 0 bridgehead atoms. The van der Waals surface area contributed by atoms with Crippen molar-refractivity contribution in [2.24, 2.45) is 12.8 Å². The summed E-state index contributed by atoms with van der Waals surface area (Å²) in [5.41, 5.74) is 8.54. The van der Waals surface area contributed by atoms with Crippen molar-refractivity contribution >= 4 is 28.4 Å². The topological polar surface area (TPSA) is 109 Å². The molecule has 0 aliphatic carbocycles. The van der Waals surface area contributed by atoms with Crippen molar-refractivity contribution in [3.8, 4) is 11.3 Å². The van der Waals surface area contributed by atoms with Gasteiger partial charge in [0.1, 0.15) is 0 Å². The van der Waals surface area contributed by atoms with Crippen molar-refractivity contribution in [3.63, 3.8) is 0 Å². The molecule has 2 amide bonds. The summed E-state index contributed by atoms with van der Waals surface area (Å²) in [6.45, 7) is 1.25. The number of hydrogen-bond donors (Lipinski definition) is 3. The molecular weight excluding hydrogens is 485 g/mol. The molecule has 4 aromatic rings. The third kappa shape index (κ3) is 4.89. The minimum atomic E-state index is -4.45. The number of aromatic amines is 1. The van der Waals surface area contributed by atoms with Crippen molar-refractivity contribution in [1.29, 1.82) is 0 Å². The molecule has 4 N–H and O–H groups in total. The van der Waals surface area contributed by atoms with Crippen LogP contribution in [0.2, 0.25) is 0 Å². The first kappa shape index (κ1) is 24.4. The summed E-state index contributed by atoms with van der Waals surface area (Å²) in [6, 6.07) is 9.48. The van der Waals surface area contributed by atoms with Crippen LogP contribution in [0.15, 0.2) is 54.9 Å². The Labute approximate surface area is 210 Å². The Hall–Kier alpha value is -4.28. The van der Waals surface area contributed by atoms with E-state index in [9.17, 15) is 22.8 Å². The van der Waals surface area contributed by atoms with E-state index in [0.717, 1.165) is 53.9 Å². The second-order valence-corrected chi connectivity index (χ2v) is 9.20. The summed E-state index contributed by atoms with van der Waals surface area (Å²) in [5.74, 6) is -0.966. The number of fused-ring (bicyclic) bond motifs is 1. The average Bonchev–Trinajstić information content (AvgIpc) is 3.49. The van der Waals surface area contributed by atoms with Crippen molar-refractivity contribution in [2.75, 3.05) is 18.0 Å². The number of anilines is 1. The lowest BCUT2D eigenvalue weighted by Gasteiger charge is -2.35. The number of benzene rings is 2. The van der Waals surface area contributed by atoms with Gasteiger partial charge in [-0.1, -0.05) is 0 Å². The van der Waals surface area contributed by atoms with E-state index in [1.807, 2.05) is 25.4 Å². The summed E-state index contributed by atoms with van der Waals surface area (Å²) >= 11 is 0. The van der Waals surface area contributed by atoms with Gasteiger partial charge in [0, 0.05) is 60.3 Å². The molecule has 3 heterocycles. The van der Waals surface area contributed by atoms with Crippen LogP contribution in [-0.2, 0) is 13.2 Å². The zero-order valence-electron chi connectivity index (χ0n) is 20.0. The molecule has 1 unspecified atom stereocenters. The van der Waals surface area contributed by atoms with Crippen LogP contribution in [-0.4, -0.2) is 45.7 Å². The molecule has 8 nitrogen and oxygen atoms in total. The number of nitrogens with one attached hydrogen (secondary N) is 2. The molecule has 0 saturated carbocycles. The number of hydrogen-bond acceptors (Lipinski definition) is 4. The van der Waals surface area contributed by atoms with Gasteiger partial charge in [-0.2, -0.15) is 18.3 Å². The Morgan fingerprint density at radius 2 is 1.92 bits per heavy atom. The molecule has 0 radical (unpaired) electrons. The highest BCUT2D eigenvalue weighted by Gasteiger charge is 2.30. The summed E-state index contributed by atoms with van der Waals surface area (Å²) < 4.78 is 40.2. The molecule has 0 spiro atoms. The van der Waals surface area contributed by atoms with Gasteiger partial charge < -0.3 is 20.9 Å². The van der Waals surface area contributed by atoms with Crippen LogP contribution in [0.4, 0.5) is 18.9 Å². The van der Waals surface area contributed by atoms with Crippen LogP contribution >= 0.6 is 0 Å². The van der Waals surface area contributed by atoms with Crippen molar-refractivity contribution in [3.05, 3.63) is 71.5 Å². The maximum absolute atomic E-state index is 12.8. The monoisotopic (exact) mass is 510 g/mol. The summed E-state index contributed by atoms with van der Waals surface area (Å²) in [4.78, 5) is 30.3. The first-order valence-electron chi connectivity index (χ1n) is 11.8. The van der Waals surface area contributed by atoms with E-state index in [1.165, 1.54) is 12.1 Å². The molecule has 11 heteroatoms. The van der Waals surface area contributed by atoms with E-state index < -0.39 is 23.6 Å². The number of halogens is 3. The van der Waals surface area contributed by atoms with Crippen LogP contribution in [0, 0.1) is 0 Å². The zero-order chi connectivity index (χ0) is 26.3. The lowest BCUT2D eigenvalue weighted by Crippen LogP contribution is -2.47. The molecule has 2 aromatic carbocycles. The molecule has 1 aliphatic heterocycles. The van der Waals surface area contributed by atoms with E-state index in [4.69, 9.17) is 5.73 Å². The number of nitrogens with zero attached hydrogens (tertiary/aromatic N) is 3. The van der Waals surface area contributed by atoms with Gasteiger partial charge in [0.2, 0.25) is 0 Å². The second-order valence-electron chi connectivity index (χ2n) is 9.20. The van der Waals surface area contributed by atoms with Gasteiger partial charge in [-0.15, -0.1) is 0 Å². The van der Waals surface area contributed by atoms with Crippen molar-refractivity contribution < 1.29 is 22.8 Å². The van der Waals surface area contributed by atoms with Gasteiger partial charge >= 0.3 is 6.18 Å². The number of H-pyrrole nitrogens is 1. The van der Waals surface area contributed by atoms with E-state index in [1.54, 1.807) is 16.9 Å². The van der Waals surface area contributed by atoms with Gasteiger partial charge in [-0.05, 0) is 55.3 Å². The lowest BCUT2D eigenvalue weighted by atomic mass is 10.0. The van der Waals surface area contributed by atoms with Gasteiger partial charge in [0.15, 0.2) is 0 Å². The highest BCUT2D eigenvalue weighted by Crippen LogP contribution is 2.35. The fourth-order valence-corrected chi connectivity index (χ4v) is 4.79. The van der Waals surface area contributed by atoms with E-state index in [0.29, 0.717) is 17.6 Å². The van der Waals surface area contributed by atoms with Crippen LogP contribution < -0.4 is 16.0 Å². The molecule has 5 rings (SSSR count). The number of nitrogens with two attached hydrogens (primary N) is 1. The number of primary amides is 1. The van der Waals surface area contributed by atoms with Gasteiger partial charge in [-0.3, -0.25) is 14.3 Å². The molecule has 1 atom stereocenters. The number of alkyl halides is 3. The standard InChI is InChI=1S/C26H25F3N6O2/c1-34-13-16(12-31-34)21-11-20-22(9-8-19(24(30)36)23(20)33-21)35-10-2-3-18(14-35)32-25(37)15-4-6-17(7-5-15)26(27,28)29/h4-9,11-13,18,33H,2-3,10,14H2,1H3,(H2,30,36)(H,32,37). The maximum Gasteiger partial charge on any atom is 0.416 e. The third-order valence-corrected chi connectivity index (χ3v) is 6.62. The number of piperidine rings is 1. The van der Waals surface area contributed by atoms with Crippen molar-refractivity contribution in [1.82, 2.24) is 20.1 Å². The van der Waals surface area contributed by atoms with Crippen LogP contribution in [0.5, 0.6) is 0 Å². The van der Waals surface area contributed by atoms with E-state index in [-0.39, 0.29) is 11.6 Å². The Morgan fingerprint density at radius 3 is 2.57 bits per heavy atom. The number of rotatable bonds is 5. The minimum absolute atomic E-state index is 0.171. The Balaban J connectivity index is 1.39. The Bertz CT molecular complexity index is 1470. The normalized spacial score (nSPS) is 16.2.